The molecule has 0 atom stereocenters. The number of nitrogens with zero attached hydrogens (tertiary/aromatic N) is 2. The quantitative estimate of drug-likeness (QED) is 0.895. The molecular weight excluding hydrogens is 252 g/mol. The first-order chi connectivity index (χ1) is 9.61. The van der Waals surface area contributed by atoms with Gasteiger partial charge in [-0.1, -0.05) is 17.2 Å². The van der Waals surface area contributed by atoms with Gasteiger partial charge in [0.25, 0.3) is 5.91 Å². The second-order valence-corrected chi connectivity index (χ2v) is 5.47. The first-order valence-electron chi connectivity index (χ1n) is 6.89. The molecule has 1 saturated carbocycles. The van der Waals surface area contributed by atoms with Crippen LogP contribution >= 0.6 is 0 Å². The summed E-state index contributed by atoms with van der Waals surface area (Å²) in [7, 11) is 0. The van der Waals surface area contributed by atoms with Gasteiger partial charge in [-0.05, 0) is 38.8 Å². The van der Waals surface area contributed by atoms with Gasteiger partial charge in [-0.25, -0.2) is 4.98 Å². The predicted octanol–water partition coefficient (Wildman–Crippen LogP) is 2.23. The maximum absolute atomic E-state index is 12.1. The third-order valence-corrected chi connectivity index (χ3v) is 3.39. The number of aromatic nitrogens is 3. The van der Waals surface area contributed by atoms with E-state index in [1.165, 1.54) is 12.8 Å². The molecule has 1 aliphatic carbocycles. The normalized spacial score (nSPS) is 14.3. The Morgan fingerprint density at radius 1 is 1.30 bits per heavy atom. The molecule has 0 unspecified atom stereocenters. The average Bonchev–Trinajstić information content (AvgIpc) is 3.14. The standard InChI is InChI=1S/C15H18N4O/c1-9-5-10(2)7-12(6-9)15(20)16-8-13-17-14(19-18-13)11-3-4-11/h5-7,11H,3-4,8H2,1-2H3,(H,16,20)(H,17,18,19). The second-order valence-electron chi connectivity index (χ2n) is 5.47. The van der Waals surface area contributed by atoms with Crippen LogP contribution in [0.5, 0.6) is 0 Å². The highest BCUT2D eigenvalue weighted by Crippen LogP contribution is 2.37. The summed E-state index contributed by atoms with van der Waals surface area (Å²) in [5.74, 6) is 2.03. The van der Waals surface area contributed by atoms with Gasteiger partial charge in [0.2, 0.25) is 0 Å². The second kappa shape index (κ2) is 5.07. The minimum atomic E-state index is -0.0822. The fraction of sp³-hybridized carbons (Fsp3) is 0.400. The SMILES string of the molecule is Cc1cc(C)cc(C(=O)NCc2nc(C3CC3)n[nH]2)c1. The van der Waals surface area contributed by atoms with Crippen LogP contribution in [0.3, 0.4) is 0 Å². The molecular formula is C15H18N4O. The summed E-state index contributed by atoms with van der Waals surface area (Å²) in [4.78, 5) is 16.5. The zero-order chi connectivity index (χ0) is 14.1. The van der Waals surface area contributed by atoms with Gasteiger partial charge in [0, 0.05) is 11.5 Å². The van der Waals surface area contributed by atoms with Crippen molar-refractivity contribution < 1.29 is 4.79 Å². The minimum Gasteiger partial charge on any atom is -0.345 e. The van der Waals surface area contributed by atoms with E-state index in [0.717, 1.165) is 17.0 Å². The Kier molecular flexibility index (Phi) is 3.26. The molecule has 3 rings (SSSR count). The van der Waals surface area contributed by atoms with Gasteiger partial charge in [0.05, 0.1) is 6.54 Å². The number of benzene rings is 1. The summed E-state index contributed by atoms with van der Waals surface area (Å²) in [6.45, 7) is 4.36. The number of amides is 1. The Morgan fingerprint density at radius 2 is 2.00 bits per heavy atom. The van der Waals surface area contributed by atoms with Crippen molar-refractivity contribution in [2.45, 2.75) is 39.2 Å². The van der Waals surface area contributed by atoms with Gasteiger partial charge in [-0.3, -0.25) is 9.89 Å². The van der Waals surface area contributed by atoms with Gasteiger partial charge < -0.3 is 5.32 Å². The van der Waals surface area contributed by atoms with E-state index >= 15 is 0 Å². The molecule has 1 aliphatic rings. The lowest BCUT2D eigenvalue weighted by Crippen LogP contribution is -2.23. The average molecular weight is 270 g/mol. The molecule has 1 fully saturated rings. The molecule has 104 valence electrons. The lowest BCUT2D eigenvalue weighted by Gasteiger charge is -2.05. The maximum atomic E-state index is 12.1. The molecule has 20 heavy (non-hydrogen) atoms. The Bertz CT molecular complexity index is 623. The van der Waals surface area contributed by atoms with Crippen LogP contribution in [0.15, 0.2) is 18.2 Å². The molecule has 2 N–H and O–H groups in total. The van der Waals surface area contributed by atoms with Crippen LogP contribution in [0.2, 0.25) is 0 Å². The molecule has 1 aromatic carbocycles. The van der Waals surface area contributed by atoms with Gasteiger partial charge in [-0.2, -0.15) is 5.10 Å². The molecule has 0 saturated heterocycles. The van der Waals surface area contributed by atoms with E-state index in [1.807, 2.05) is 26.0 Å². The van der Waals surface area contributed by atoms with E-state index in [9.17, 15) is 4.79 Å². The highest BCUT2D eigenvalue weighted by atomic mass is 16.1. The van der Waals surface area contributed by atoms with E-state index in [2.05, 4.69) is 26.6 Å². The number of carbonyl (C=O) groups is 1. The maximum Gasteiger partial charge on any atom is 0.251 e. The number of hydrogen-bond acceptors (Lipinski definition) is 3. The molecule has 1 amide bonds. The molecule has 1 heterocycles. The smallest absolute Gasteiger partial charge is 0.251 e. The summed E-state index contributed by atoms with van der Waals surface area (Å²) in [6.07, 6.45) is 2.35. The highest BCUT2D eigenvalue weighted by Gasteiger charge is 2.27. The molecule has 0 bridgehead atoms. The summed E-state index contributed by atoms with van der Waals surface area (Å²) in [5, 5.41) is 9.92. The van der Waals surface area contributed by atoms with Crippen LogP contribution in [0, 0.1) is 13.8 Å². The zero-order valence-corrected chi connectivity index (χ0v) is 11.7. The summed E-state index contributed by atoms with van der Waals surface area (Å²) >= 11 is 0. The molecule has 5 nitrogen and oxygen atoms in total. The number of aryl methyl sites for hydroxylation is 2. The van der Waals surface area contributed by atoms with Crippen LogP contribution in [0.25, 0.3) is 0 Å². The van der Waals surface area contributed by atoms with E-state index < -0.39 is 0 Å². The molecule has 2 aromatic rings. The lowest BCUT2D eigenvalue weighted by molar-refractivity contribution is 0.0949. The van der Waals surface area contributed by atoms with Gasteiger partial charge in [0.1, 0.15) is 5.82 Å². The molecule has 5 heteroatoms. The van der Waals surface area contributed by atoms with Crippen molar-refractivity contribution in [1.29, 1.82) is 0 Å². The fourth-order valence-corrected chi connectivity index (χ4v) is 2.29. The first kappa shape index (κ1) is 12.8. The van der Waals surface area contributed by atoms with Crippen molar-refractivity contribution in [2.75, 3.05) is 0 Å². The van der Waals surface area contributed by atoms with Crippen LogP contribution in [0.1, 0.15) is 51.9 Å². The van der Waals surface area contributed by atoms with Crippen LogP contribution in [-0.2, 0) is 6.54 Å². The lowest BCUT2D eigenvalue weighted by atomic mass is 10.1. The fourth-order valence-electron chi connectivity index (χ4n) is 2.29. The predicted molar refractivity (Wildman–Crippen MR) is 75.4 cm³/mol. The number of nitrogens with one attached hydrogen (secondary N) is 2. The summed E-state index contributed by atoms with van der Waals surface area (Å²) in [6, 6.07) is 5.83. The van der Waals surface area contributed by atoms with Crippen molar-refractivity contribution in [3.63, 3.8) is 0 Å². The Morgan fingerprint density at radius 3 is 2.65 bits per heavy atom. The molecule has 1 aromatic heterocycles. The van der Waals surface area contributed by atoms with E-state index in [4.69, 9.17) is 0 Å². The van der Waals surface area contributed by atoms with Gasteiger partial charge >= 0.3 is 0 Å². The number of H-pyrrole nitrogens is 1. The zero-order valence-electron chi connectivity index (χ0n) is 11.7. The van der Waals surface area contributed by atoms with E-state index in [0.29, 0.717) is 23.9 Å². The van der Waals surface area contributed by atoms with Crippen molar-refractivity contribution in [1.82, 2.24) is 20.5 Å². The van der Waals surface area contributed by atoms with Crippen molar-refractivity contribution in [3.05, 3.63) is 46.5 Å². The highest BCUT2D eigenvalue weighted by molar-refractivity contribution is 5.94. The molecule has 0 aliphatic heterocycles. The largest absolute Gasteiger partial charge is 0.345 e. The number of carbonyl (C=O) groups excluding carboxylic acids is 1. The van der Waals surface area contributed by atoms with E-state index in [1.54, 1.807) is 0 Å². The molecule has 0 spiro atoms. The monoisotopic (exact) mass is 270 g/mol. The number of hydrogen-bond donors (Lipinski definition) is 2. The van der Waals surface area contributed by atoms with Crippen molar-refractivity contribution >= 4 is 5.91 Å². The number of rotatable bonds is 4. The Labute approximate surface area is 117 Å². The molecule has 0 radical (unpaired) electrons. The number of aromatic amines is 1. The topological polar surface area (TPSA) is 70.7 Å². The van der Waals surface area contributed by atoms with Gasteiger partial charge in [0.15, 0.2) is 5.82 Å². The van der Waals surface area contributed by atoms with Gasteiger partial charge in [-0.15, -0.1) is 0 Å². The minimum absolute atomic E-state index is 0.0822. The Hall–Kier alpha value is -2.17. The Balaban J connectivity index is 1.63. The third-order valence-electron chi connectivity index (χ3n) is 3.39. The van der Waals surface area contributed by atoms with Crippen LogP contribution in [0.4, 0.5) is 0 Å². The van der Waals surface area contributed by atoms with Crippen LogP contribution in [-0.4, -0.2) is 21.1 Å². The first-order valence-corrected chi connectivity index (χ1v) is 6.89. The summed E-state index contributed by atoms with van der Waals surface area (Å²) < 4.78 is 0. The summed E-state index contributed by atoms with van der Waals surface area (Å²) in [5.41, 5.74) is 2.86. The van der Waals surface area contributed by atoms with Crippen molar-refractivity contribution in [3.8, 4) is 0 Å². The van der Waals surface area contributed by atoms with Crippen molar-refractivity contribution in [2.24, 2.45) is 0 Å². The van der Waals surface area contributed by atoms with E-state index in [-0.39, 0.29) is 5.91 Å². The van der Waals surface area contributed by atoms with Crippen LogP contribution < -0.4 is 5.32 Å². The third kappa shape index (κ3) is 2.87.